The molecule has 0 spiro atoms. The summed E-state index contributed by atoms with van der Waals surface area (Å²) in [5.74, 6) is -1.51. The third-order valence-corrected chi connectivity index (χ3v) is 5.77. The molecule has 2 fully saturated rings. The average molecular weight is 400 g/mol. The molecule has 4 amide bonds. The van der Waals surface area contributed by atoms with Gasteiger partial charge in [0.1, 0.15) is 23.4 Å². The molecule has 0 unspecified atom stereocenters. The Balaban J connectivity index is 1.81. The van der Waals surface area contributed by atoms with E-state index in [0.717, 1.165) is 24.2 Å². The second-order valence-electron chi connectivity index (χ2n) is 7.79. The Morgan fingerprint density at radius 3 is 2.52 bits per heavy atom. The lowest BCUT2D eigenvalue weighted by Crippen LogP contribution is -2.50. The summed E-state index contributed by atoms with van der Waals surface area (Å²) < 4.78 is 13.4. The van der Waals surface area contributed by atoms with Crippen LogP contribution in [0.2, 0.25) is 0 Å². The van der Waals surface area contributed by atoms with Gasteiger partial charge in [-0.1, -0.05) is 31.9 Å². The summed E-state index contributed by atoms with van der Waals surface area (Å²) in [6, 6.07) is 6.95. The Hall–Kier alpha value is -2.95. The molecule has 29 heavy (non-hydrogen) atoms. The molecule has 0 aromatic heterocycles. The first-order chi connectivity index (χ1) is 13.9. The number of nitrogens with one attached hydrogen (secondary N) is 2. The topological polar surface area (TPSA) is 102 Å². The molecule has 2 aliphatic rings. The van der Waals surface area contributed by atoms with Crippen molar-refractivity contribution < 1.29 is 18.8 Å². The summed E-state index contributed by atoms with van der Waals surface area (Å²) in [5, 5.41) is 14.9. The van der Waals surface area contributed by atoms with E-state index in [9.17, 15) is 24.0 Å². The maximum Gasteiger partial charge on any atom is 0.325 e. The monoisotopic (exact) mass is 400 g/mol. The van der Waals surface area contributed by atoms with Crippen molar-refractivity contribution in [1.82, 2.24) is 15.5 Å². The van der Waals surface area contributed by atoms with E-state index in [1.54, 1.807) is 0 Å². The quantitative estimate of drug-likeness (QED) is 0.687. The van der Waals surface area contributed by atoms with E-state index in [1.807, 2.05) is 6.92 Å². The lowest BCUT2D eigenvalue weighted by atomic mass is 9.85. The molecule has 1 aromatic carbocycles. The van der Waals surface area contributed by atoms with E-state index < -0.39 is 41.3 Å². The summed E-state index contributed by atoms with van der Waals surface area (Å²) in [6.45, 7) is 1.51. The number of carbonyl (C=O) groups excluding carboxylic acids is 3. The molecule has 3 rings (SSSR count). The average Bonchev–Trinajstić information content (AvgIpc) is 3.26. The Morgan fingerprint density at radius 2 is 1.93 bits per heavy atom. The highest BCUT2D eigenvalue weighted by molar-refractivity contribution is 6.09. The predicted molar refractivity (Wildman–Crippen MR) is 103 cm³/mol. The maximum absolute atomic E-state index is 13.4. The second kappa shape index (κ2) is 8.19. The van der Waals surface area contributed by atoms with Crippen molar-refractivity contribution in [1.29, 1.82) is 5.26 Å². The van der Waals surface area contributed by atoms with Gasteiger partial charge in [0.25, 0.3) is 5.91 Å². The van der Waals surface area contributed by atoms with Crippen LogP contribution in [-0.4, -0.2) is 34.8 Å². The number of amides is 4. The molecule has 1 atom stereocenters. The molecule has 1 saturated carbocycles. The maximum atomic E-state index is 13.4. The van der Waals surface area contributed by atoms with Gasteiger partial charge >= 0.3 is 6.03 Å². The number of nitrogens with zero attached hydrogens (tertiary/aromatic N) is 2. The van der Waals surface area contributed by atoms with Crippen LogP contribution in [0.3, 0.4) is 0 Å². The molecule has 1 heterocycles. The first kappa shape index (κ1) is 20.8. The molecule has 0 radical (unpaired) electrons. The Labute approximate surface area is 169 Å². The van der Waals surface area contributed by atoms with E-state index in [1.165, 1.54) is 24.3 Å². The highest BCUT2D eigenvalue weighted by atomic mass is 19.1. The van der Waals surface area contributed by atoms with Crippen LogP contribution in [0.1, 0.15) is 57.4 Å². The summed E-state index contributed by atoms with van der Waals surface area (Å²) >= 11 is 0. The summed E-state index contributed by atoms with van der Waals surface area (Å²) in [5.41, 5.74) is -1.76. The van der Waals surface area contributed by atoms with Crippen molar-refractivity contribution in [3.8, 4) is 6.07 Å². The van der Waals surface area contributed by atoms with Gasteiger partial charge in [-0.25, -0.2) is 9.18 Å². The van der Waals surface area contributed by atoms with Crippen molar-refractivity contribution in [2.75, 3.05) is 6.54 Å². The number of unbranched alkanes of at least 4 members (excludes halogenated alkanes) is 1. The third-order valence-electron chi connectivity index (χ3n) is 5.77. The smallest absolute Gasteiger partial charge is 0.325 e. The van der Waals surface area contributed by atoms with Crippen LogP contribution < -0.4 is 10.6 Å². The number of halogens is 1. The van der Waals surface area contributed by atoms with Gasteiger partial charge in [-0.15, -0.1) is 0 Å². The number of rotatable bonds is 7. The van der Waals surface area contributed by atoms with Gasteiger partial charge in [0.05, 0.1) is 6.07 Å². The van der Waals surface area contributed by atoms with Gasteiger partial charge in [-0.05, 0) is 49.8 Å². The Kier molecular flexibility index (Phi) is 5.87. The fourth-order valence-electron chi connectivity index (χ4n) is 4.15. The summed E-state index contributed by atoms with van der Waals surface area (Å²) in [7, 11) is 0. The number of benzene rings is 1. The Morgan fingerprint density at radius 1 is 1.28 bits per heavy atom. The van der Waals surface area contributed by atoms with Crippen LogP contribution in [0.5, 0.6) is 0 Å². The van der Waals surface area contributed by atoms with Gasteiger partial charge in [0, 0.05) is 0 Å². The summed E-state index contributed by atoms with van der Waals surface area (Å²) in [6.07, 6.45) is 4.64. The van der Waals surface area contributed by atoms with Crippen LogP contribution in [-0.2, 0) is 15.1 Å². The first-order valence-electron chi connectivity index (χ1n) is 9.98. The predicted octanol–water partition coefficient (Wildman–Crippen LogP) is 2.72. The molecule has 1 aliphatic carbocycles. The zero-order valence-electron chi connectivity index (χ0n) is 16.5. The van der Waals surface area contributed by atoms with Crippen molar-refractivity contribution in [2.24, 2.45) is 0 Å². The standard InChI is InChI=1S/C21H25FN4O3/c1-2-3-12-21(15-6-8-16(22)9-7-15)18(28)26(19(29)25-21)13-17(27)24-20(14-23)10-4-5-11-20/h6-9H,2-5,10-13H2,1H3,(H,24,27)(H,25,29)/t21-/m0/s1. The highest BCUT2D eigenvalue weighted by Gasteiger charge is 2.52. The zero-order chi connectivity index (χ0) is 21.1. The van der Waals surface area contributed by atoms with Crippen molar-refractivity contribution in [3.05, 3.63) is 35.6 Å². The van der Waals surface area contributed by atoms with Gasteiger partial charge in [0.2, 0.25) is 5.91 Å². The van der Waals surface area contributed by atoms with E-state index in [0.29, 0.717) is 31.2 Å². The fourth-order valence-corrected chi connectivity index (χ4v) is 4.15. The number of urea groups is 1. The zero-order valence-corrected chi connectivity index (χ0v) is 16.5. The lowest BCUT2D eigenvalue weighted by Gasteiger charge is -2.27. The van der Waals surface area contributed by atoms with Crippen LogP contribution in [0.15, 0.2) is 24.3 Å². The van der Waals surface area contributed by atoms with Crippen LogP contribution in [0.4, 0.5) is 9.18 Å². The first-order valence-corrected chi connectivity index (χ1v) is 9.98. The Bertz CT molecular complexity index is 842. The van der Waals surface area contributed by atoms with Crippen molar-refractivity contribution in [2.45, 2.75) is 62.9 Å². The van der Waals surface area contributed by atoms with Gasteiger partial charge in [-0.2, -0.15) is 5.26 Å². The molecule has 1 aromatic rings. The minimum atomic E-state index is -1.32. The lowest BCUT2D eigenvalue weighted by molar-refractivity contribution is -0.135. The van der Waals surface area contributed by atoms with Crippen LogP contribution in [0, 0.1) is 17.1 Å². The van der Waals surface area contributed by atoms with Gasteiger partial charge in [0.15, 0.2) is 0 Å². The largest absolute Gasteiger partial charge is 0.336 e. The van der Waals surface area contributed by atoms with E-state index in [2.05, 4.69) is 16.7 Å². The van der Waals surface area contributed by atoms with Gasteiger partial charge < -0.3 is 10.6 Å². The van der Waals surface area contributed by atoms with E-state index >= 15 is 0 Å². The SMILES string of the molecule is CCCC[C@@]1(c2ccc(F)cc2)NC(=O)N(CC(=O)NC2(C#N)CCCC2)C1=O. The number of imide groups is 1. The molecule has 154 valence electrons. The van der Waals surface area contributed by atoms with E-state index in [4.69, 9.17) is 0 Å². The number of hydrogen-bond donors (Lipinski definition) is 2. The van der Waals surface area contributed by atoms with Crippen molar-refractivity contribution in [3.63, 3.8) is 0 Å². The number of nitriles is 1. The number of carbonyl (C=O) groups is 3. The highest BCUT2D eigenvalue weighted by Crippen LogP contribution is 2.34. The van der Waals surface area contributed by atoms with E-state index in [-0.39, 0.29) is 0 Å². The fraction of sp³-hybridized carbons (Fsp3) is 0.524. The minimum absolute atomic E-state index is 0.347. The molecule has 0 bridgehead atoms. The van der Waals surface area contributed by atoms with Crippen LogP contribution in [0.25, 0.3) is 0 Å². The molecular weight excluding hydrogens is 375 g/mol. The molecule has 1 aliphatic heterocycles. The molecule has 8 heteroatoms. The molecular formula is C21H25FN4O3. The molecule has 1 saturated heterocycles. The number of hydrogen-bond acceptors (Lipinski definition) is 4. The third kappa shape index (κ3) is 3.95. The molecule has 7 nitrogen and oxygen atoms in total. The van der Waals surface area contributed by atoms with Crippen LogP contribution >= 0.6 is 0 Å². The van der Waals surface area contributed by atoms with Crippen molar-refractivity contribution >= 4 is 17.8 Å². The van der Waals surface area contributed by atoms with Gasteiger partial charge in [-0.3, -0.25) is 14.5 Å². The normalized spacial score (nSPS) is 23.0. The second-order valence-corrected chi connectivity index (χ2v) is 7.79. The minimum Gasteiger partial charge on any atom is -0.336 e. The molecule has 2 N–H and O–H groups in total. The summed E-state index contributed by atoms with van der Waals surface area (Å²) in [4.78, 5) is 39.3.